The maximum Gasteiger partial charge on any atom is 0.328 e. The second-order valence-corrected chi connectivity index (χ2v) is 8.10. The van der Waals surface area contributed by atoms with Crippen LogP contribution in [0.3, 0.4) is 0 Å². The number of hydrogen-bond donors (Lipinski definition) is 0. The van der Waals surface area contributed by atoms with Crippen molar-refractivity contribution in [3.05, 3.63) is 35.9 Å². The van der Waals surface area contributed by atoms with Crippen LogP contribution in [0.2, 0.25) is 0 Å². The SMILES string of the molecule is CCOC(=O)[C@H]1CCCCN1C(=O)CSc1nnc2cc(C)c3ccccc3n12. The molecule has 29 heavy (non-hydrogen) atoms. The summed E-state index contributed by atoms with van der Waals surface area (Å²) in [6.45, 7) is 4.75. The lowest BCUT2D eigenvalue weighted by molar-refractivity contribution is -0.155. The van der Waals surface area contributed by atoms with Crippen LogP contribution in [0.4, 0.5) is 0 Å². The Balaban J connectivity index is 1.56. The summed E-state index contributed by atoms with van der Waals surface area (Å²) in [7, 11) is 0. The Labute approximate surface area is 173 Å². The first kappa shape index (κ1) is 19.7. The van der Waals surface area contributed by atoms with Crippen LogP contribution in [0, 0.1) is 6.92 Å². The van der Waals surface area contributed by atoms with Gasteiger partial charge in [0.2, 0.25) is 5.91 Å². The number of benzene rings is 1. The molecule has 1 fully saturated rings. The first-order chi connectivity index (χ1) is 14.1. The predicted molar refractivity (Wildman–Crippen MR) is 112 cm³/mol. The van der Waals surface area contributed by atoms with Gasteiger partial charge in [-0.3, -0.25) is 9.20 Å². The van der Waals surface area contributed by atoms with Gasteiger partial charge >= 0.3 is 5.97 Å². The van der Waals surface area contributed by atoms with E-state index in [1.165, 1.54) is 11.8 Å². The summed E-state index contributed by atoms with van der Waals surface area (Å²) >= 11 is 1.35. The number of para-hydroxylation sites is 1. The van der Waals surface area contributed by atoms with E-state index in [-0.39, 0.29) is 17.6 Å². The number of fused-ring (bicyclic) bond motifs is 3. The van der Waals surface area contributed by atoms with Crippen LogP contribution >= 0.6 is 11.8 Å². The molecule has 0 bridgehead atoms. The fourth-order valence-corrected chi connectivity index (χ4v) is 4.73. The maximum absolute atomic E-state index is 12.9. The summed E-state index contributed by atoms with van der Waals surface area (Å²) in [5.41, 5.74) is 2.92. The smallest absolute Gasteiger partial charge is 0.328 e. The molecule has 1 saturated heterocycles. The molecule has 0 N–H and O–H groups in total. The van der Waals surface area contributed by atoms with Gasteiger partial charge in [0.25, 0.3) is 0 Å². The van der Waals surface area contributed by atoms with E-state index in [2.05, 4.69) is 23.2 Å². The summed E-state index contributed by atoms with van der Waals surface area (Å²) in [5.74, 6) is -0.167. The number of hydrogen-bond acceptors (Lipinski definition) is 6. The van der Waals surface area contributed by atoms with Gasteiger partial charge in [0.15, 0.2) is 10.8 Å². The van der Waals surface area contributed by atoms with Crippen molar-refractivity contribution in [3.8, 4) is 0 Å². The molecule has 4 rings (SSSR count). The molecule has 7 nitrogen and oxygen atoms in total. The molecule has 1 atom stereocenters. The molecular weight excluding hydrogens is 388 g/mol. The van der Waals surface area contributed by atoms with Crippen molar-refractivity contribution in [1.29, 1.82) is 0 Å². The number of amides is 1. The van der Waals surface area contributed by atoms with E-state index in [1.54, 1.807) is 11.8 Å². The molecule has 1 aromatic carbocycles. The number of carbonyl (C=O) groups excluding carboxylic acids is 2. The van der Waals surface area contributed by atoms with Crippen LogP contribution in [0.25, 0.3) is 16.6 Å². The number of ether oxygens (including phenoxy) is 1. The molecule has 2 aromatic heterocycles. The van der Waals surface area contributed by atoms with Gasteiger partial charge < -0.3 is 9.64 Å². The number of carbonyl (C=O) groups is 2. The van der Waals surface area contributed by atoms with Gasteiger partial charge in [0.1, 0.15) is 6.04 Å². The van der Waals surface area contributed by atoms with Gasteiger partial charge in [-0.15, -0.1) is 10.2 Å². The van der Waals surface area contributed by atoms with Crippen molar-refractivity contribution in [2.24, 2.45) is 0 Å². The first-order valence-corrected chi connectivity index (χ1v) is 10.9. The van der Waals surface area contributed by atoms with E-state index >= 15 is 0 Å². The van der Waals surface area contributed by atoms with Crippen molar-refractivity contribution in [2.45, 2.75) is 44.3 Å². The second kappa shape index (κ2) is 8.41. The number of nitrogens with zero attached hydrogens (tertiary/aromatic N) is 4. The molecule has 0 radical (unpaired) electrons. The highest BCUT2D eigenvalue weighted by molar-refractivity contribution is 7.99. The van der Waals surface area contributed by atoms with Crippen LogP contribution in [0.15, 0.2) is 35.5 Å². The summed E-state index contributed by atoms with van der Waals surface area (Å²) in [6, 6.07) is 9.62. The van der Waals surface area contributed by atoms with Gasteiger partial charge in [-0.25, -0.2) is 4.79 Å². The molecule has 3 heterocycles. The third-order valence-electron chi connectivity index (χ3n) is 5.28. The minimum Gasteiger partial charge on any atom is -0.464 e. The number of thioether (sulfide) groups is 1. The highest BCUT2D eigenvalue weighted by Crippen LogP contribution is 2.27. The summed E-state index contributed by atoms with van der Waals surface area (Å²) < 4.78 is 7.15. The Morgan fingerprint density at radius 2 is 2.07 bits per heavy atom. The molecule has 0 spiro atoms. The van der Waals surface area contributed by atoms with E-state index in [0.29, 0.717) is 24.7 Å². The van der Waals surface area contributed by atoms with Crippen molar-refractivity contribution in [2.75, 3.05) is 18.9 Å². The number of esters is 1. The van der Waals surface area contributed by atoms with Crippen LogP contribution in [0.5, 0.6) is 0 Å². The van der Waals surface area contributed by atoms with Crippen molar-refractivity contribution in [3.63, 3.8) is 0 Å². The molecule has 1 aliphatic heterocycles. The summed E-state index contributed by atoms with van der Waals surface area (Å²) in [4.78, 5) is 26.8. The summed E-state index contributed by atoms with van der Waals surface area (Å²) in [6.07, 6.45) is 2.50. The highest BCUT2D eigenvalue weighted by Gasteiger charge is 2.33. The largest absolute Gasteiger partial charge is 0.464 e. The Morgan fingerprint density at radius 3 is 2.90 bits per heavy atom. The molecule has 0 aliphatic carbocycles. The Kier molecular flexibility index (Phi) is 5.71. The molecule has 1 aliphatic rings. The zero-order valence-electron chi connectivity index (χ0n) is 16.6. The van der Waals surface area contributed by atoms with E-state index in [9.17, 15) is 9.59 Å². The lowest BCUT2D eigenvalue weighted by Crippen LogP contribution is -2.49. The third kappa shape index (κ3) is 3.81. The predicted octanol–water partition coefficient (Wildman–Crippen LogP) is 3.23. The first-order valence-electron chi connectivity index (χ1n) is 9.92. The van der Waals surface area contributed by atoms with Gasteiger partial charge in [-0.2, -0.15) is 0 Å². The van der Waals surface area contributed by atoms with Crippen molar-refractivity contribution < 1.29 is 14.3 Å². The molecule has 0 unspecified atom stereocenters. The van der Waals surface area contributed by atoms with E-state index in [0.717, 1.165) is 35.0 Å². The normalized spacial score (nSPS) is 17.0. The molecule has 3 aromatic rings. The van der Waals surface area contributed by atoms with Gasteiger partial charge in [-0.05, 0) is 50.8 Å². The van der Waals surface area contributed by atoms with Crippen LogP contribution < -0.4 is 0 Å². The quantitative estimate of drug-likeness (QED) is 0.473. The number of pyridine rings is 1. The lowest BCUT2D eigenvalue weighted by atomic mass is 10.0. The molecule has 1 amide bonds. The Bertz CT molecular complexity index is 1060. The number of piperidine rings is 1. The number of rotatable bonds is 5. The minimum absolute atomic E-state index is 0.0686. The maximum atomic E-state index is 12.9. The van der Waals surface area contributed by atoms with E-state index < -0.39 is 6.04 Å². The summed E-state index contributed by atoms with van der Waals surface area (Å²) in [5, 5.41) is 10.4. The molecule has 152 valence electrons. The number of aromatic nitrogens is 3. The fourth-order valence-electron chi connectivity index (χ4n) is 3.89. The van der Waals surface area contributed by atoms with Gasteiger partial charge in [-0.1, -0.05) is 30.0 Å². The van der Waals surface area contributed by atoms with Gasteiger partial charge in [0.05, 0.1) is 17.9 Å². The standard InChI is InChI=1S/C21H24N4O3S/c1-3-28-20(27)17-10-6-7-11-24(17)19(26)13-29-21-23-22-18-12-14(2)15-8-4-5-9-16(15)25(18)21/h4-5,8-9,12,17H,3,6-7,10-11,13H2,1-2H3/t17-/m1/s1. The van der Waals surface area contributed by atoms with Crippen LogP contribution in [-0.2, 0) is 14.3 Å². The Morgan fingerprint density at radius 1 is 1.24 bits per heavy atom. The van der Waals surface area contributed by atoms with Crippen LogP contribution in [-0.4, -0.2) is 56.3 Å². The van der Waals surface area contributed by atoms with E-state index in [1.807, 2.05) is 28.7 Å². The topological polar surface area (TPSA) is 76.8 Å². The average Bonchev–Trinajstić information content (AvgIpc) is 3.15. The molecular formula is C21H24N4O3S. The minimum atomic E-state index is -0.476. The monoisotopic (exact) mass is 412 g/mol. The molecule has 8 heteroatoms. The van der Waals surface area contributed by atoms with Crippen LogP contribution in [0.1, 0.15) is 31.7 Å². The average molecular weight is 413 g/mol. The zero-order valence-corrected chi connectivity index (χ0v) is 17.4. The van der Waals surface area contributed by atoms with Gasteiger partial charge in [0, 0.05) is 11.9 Å². The zero-order chi connectivity index (χ0) is 20.4. The van der Waals surface area contributed by atoms with Crippen molar-refractivity contribution >= 4 is 40.2 Å². The third-order valence-corrected chi connectivity index (χ3v) is 6.19. The second-order valence-electron chi connectivity index (χ2n) is 7.16. The number of aryl methyl sites for hydroxylation is 1. The molecule has 0 saturated carbocycles. The fraction of sp³-hybridized carbons (Fsp3) is 0.429. The Hall–Kier alpha value is -2.61. The van der Waals surface area contributed by atoms with E-state index in [4.69, 9.17) is 4.74 Å². The highest BCUT2D eigenvalue weighted by atomic mass is 32.2. The number of likely N-dealkylation sites (tertiary alicyclic amines) is 1. The lowest BCUT2D eigenvalue weighted by Gasteiger charge is -2.33. The van der Waals surface area contributed by atoms with Crippen molar-refractivity contribution in [1.82, 2.24) is 19.5 Å².